The summed E-state index contributed by atoms with van der Waals surface area (Å²) in [5.74, 6) is 1.68. The van der Waals surface area contributed by atoms with Gasteiger partial charge in [-0.05, 0) is 48.2 Å². The number of hydrogen-bond acceptors (Lipinski definition) is 7. The van der Waals surface area contributed by atoms with Crippen LogP contribution in [0.3, 0.4) is 0 Å². The number of methoxy groups -OCH3 is 2. The summed E-state index contributed by atoms with van der Waals surface area (Å²) in [7, 11) is 3.15. The van der Waals surface area contributed by atoms with Crippen LogP contribution < -0.4 is 19.6 Å². The van der Waals surface area contributed by atoms with Crippen molar-refractivity contribution >= 4 is 33.7 Å². The average Bonchev–Trinajstić information content (AvgIpc) is 3.33. The number of aromatic nitrogens is 3. The third kappa shape index (κ3) is 2.67. The maximum Gasteiger partial charge on any atom is 0.276 e. The van der Waals surface area contributed by atoms with Gasteiger partial charge in [-0.15, -0.1) is 21.5 Å². The van der Waals surface area contributed by atoms with Crippen molar-refractivity contribution in [2.24, 2.45) is 0 Å². The fourth-order valence-electron chi connectivity index (χ4n) is 2.68. The Hall–Kier alpha value is -2.71. The van der Waals surface area contributed by atoms with E-state index in [1.165, 1.54) is 11.3 Å². The van der Waals surface area contributed by atoms with E-state index < -0.39 is 0 Å². The predicted molar refractivity (Wildman–Crippen MR) is 104 cm³/mol. The molecule has 132 valence electrons. The van der Waals surface area contributed by atoms with Crippen LogP contribution in [0.2, 0.25) is 0 Å². The monoisotopic (exact) mass is 385 g/mol. The Balaban J connectivity index is 1.90. The molecule has 0 N–H and O–H groups in total. The van der Waals surface area contributed by atoms with Crippen LogP contribution in [-0.4, -0.2) is 28.8 Å². The van der Waals surface area contributed by atoms with Crippen LogP contribution in [0.25, 0.3) is 22.4 Å². The van der Waals surface area contributed by atoms with Crippen LogP contribution in [0.5, 0.6) is 11.5 Å². The quantitative estimate of drug-likeness (QED) is 0.540. The van der Waals surface area contributed by atoms with Crippen molar-refractivity contribution in [1.82, 2.24) is 14.6 Å². The van der Waals surface area contributed by atoms with E-state index >= 15 is 0 Å². The minimum Gasteiger partial charge on any atom is -0.493 e. The summed E-state index contributed by atoms with van der Waals surface area (Å²) in [6, 6.07) is 7.45. The van der Waals surface area contributed by atoms with E-state index in [1.54, 1.807) is 42.1 Å². The van der Waals surface area contributed by atoms with Crippen molar-refractivity contribution < 1.29 is 9.47 Å². The number of nitrogens with zero attached hydrogens (tertiary/aromatic N) is 3. The second kappa shape index (κ2) is 6.54. The molecule has 4 aromatic rings. The number of rotatable bonds is 4. The molecule has 1 aromatic carbocycles. The number of ether oxygens (including phenoxy) is 2. The lowest BCUT2D eigenvalue weighted by Crippen LogP contribution is -2.23. The van der Waals surface area contributed by atoms with E-state index in [9.17, 15) is 4.79 Å². The Morgan fingerprint density at radius 2 is 1.92 bits per heavy atom. The summed E-state index contributed by atoms with van der Waals surface area (Å²) in [4.78, 5) is 14.6. The maximum absolute atomic E-state index is 12.9. The molecule has 0 bridgehead atoms. The first-order valence-corrected chi connectivity index (χ1v) is 9.48. The van der Waals surface area contributed by atoms with Gasteiger partial charge in [0.1, 0.15) is 0 Å². The van der Waals surface area contributed by atoms with Gasteiger partial charge < -0.3 is 9.47 Å². The summed E-state index contributed by atoms with van der Waals surface area (Å²) in [6.45, 7) is 2.03. The second-order valence-electron chi connectivity index (χ2n) is 5.60. The van der Waals surface area contributed by atoms with Gasteiger partial charge >= 0.3 is 0 Å². The first kappa shape index (κ1) is 16.7. The smallest absolute Gasteiger partial charge is 0.276 e. The van der Waals surface area contributed by atoms with Crippen LogP contribution in [0.1, 0.15) is 10.4 Å². The molecule has 6 nitrogen and oxygen atoms in total. The highest BCUT2D eigenvalue weighted by atomic mass is 32.1. The molecular weight excluding hydrogens is 370 g/mol. The zero-order valence-corrected chi connectivity index (χ0v) is 16.0. The van der Waals surface area contributed by atoms with Crippen molar-refractivity contribution in [3.63, 3.8) is 0 Å². The van der Waals surface area contributed by atoms with Crippen LogP contribution >= 0.6 is 22.7 Å². The molecule has 0 saturated heterocycles. The maximum atomic E-state index is 12.9. The Morgan fingerprint density at radius 1 is 1.12 bits per heavy atom. The molecule has 0 aliphatic heterocycles. The van der Waals surface area contributed by atoms with E-state index in [4.69, 9.17) is 9.47 Å². The minimum atomic E-state index is -0.118. The number of thiophene rings is 1. The molecule has 0 amide bonds. The van der Waals surface area contributed by atoms with E-state index in [0.29, 0.717) is 26.8 Å². The molecule has 0 saturated carbocycles. The molecule has 0 spiro atoms. The van der Waals surface area contributed by atoms with Gasteiger partial charge in [0.25, 0.3) is 5.56 Å². The van der Waals surface area contributed by atoms with Crippen LogP contribution in [0.4, 0.5) is 0 Å². The highest BCUT2D eigenvalue weighted by molar-refractivity contribution is 7.15. The lowest BCUT2D eigenvalue weighted by atomic mass is 10.2. The summed E-state index contributed by atoms with van der Waals surface area (Å²) < 4.78 is 12.8. The zero-order chi connectivity index (χ0) is 18.3. The Labute approximate surface area is 157 Å². The minimum absolute atomic E-state index is 0.118. The molecule has 4 rings (SSSR count). The van der Waals surface area contributed by atoms with Crippen LogP contribution in [0, 0.1) is 6.92 Å². The van der Waals surface area contributed by atoms with Crippen molar-refractivity contribution in [1.29, 1.82) is 0 Å². The average molecular weight is 385 g/mol. The summed E-state index contributed by atoms with van der Waals surface area (Å²) in [5, 5.41) is 10.4. The highest BCUT2D eigenvalue weighted by Gasteiger charge is 2.16. The third-order valence-corrected chi connectivity index (χ3v) is 5.98. The standard InChI is InChI=1S/C18H15N3O3S2/c1-10-6-7-25-14(10)9-15-17(22)21-16(19-20-18(21)26-15)11-4-5-12(23-2)13(8-11)24-3/h4-9H,1-3H3. The van der Waals surface area contributed by atoms with Gasteiger partial charge in [0.15, 0.2) is 17.3 Å². The molecule has 0 fully saturated rings. The molecule has 0 unspecified atom stereocenters. The zero-order valence-electron chi connectivity index (χ0n) is 14.3. The topological polar surface area (TPSA) is 65.7 Å². The van der Waals surface area contributed by atoms with Crippen molar-refractivity contribution in [2.45, 2.75) is 6.92 Å². The van der Waals surface area contributed by atoms with Gasteiger partial charge in [0.05, 0.1) is 18.8 Å². The van der Waals surface area contributed by atoms with E-state index in [1.807, 2.05) is 30.5 Å². The second-order valence-corrected chi connectivity index (χ2v) is 7.55. The van der Waals surface area contributed by atoms with Crippen LogP contribution in [0.15, 0.2) is 34.4 Å². The van der Waals surface area contributed by atoms with Gasteiger partial charge in [-0.3, -0.25) is 4.79 Å². The van der Waals surface area contributed by atoms with E-state index in [2.05, 4.69) is 10.2 Å². The van der Waals surface area contributed by atoms with E-state index in [-0.39, 0.29) is 5.56 Å². The lowest BCUT2D eigenvalue weighted by molar-refractivity contribution is 0.355. The normalized spacial score (nSPS) is 12.0. The summed E-state index contributed by atoms with van der Waals surface area (Å²) >= 11 is 2.95. The first-order valence-electron chi connectivity index (χ1n) is 7.78. The van der Waals surface area contributed by atoms with Gasteiger partial charge in [0.2, 0.25) is 4.96 Å². The molecule has 8 heteroatoms. The molecule has 0 aliphatic carbocycles. The van der Waals surface area contributed by atoms with Crippen LogP contribution in [-0.2, 0) is 0 Å². The molecule has 26 heavy (non-hydrogen) atoms. The number of hydrogen-bond donors (Lipinski definition) is 0. The molecule has 3 heterocycles. The molecular formula is C18H15N3O3S2. The molecule has 0 atom stereocenters. The SMILES string of the molecule is COc1ccc(-c2nnc3sc(=Cc4sccc4C)c(=O)n23)cc1OC. The van der Waals surface area contributed by atoms with Gasteiger partial charge in [-0.2, -0.15) is 0 Å². The third-order valence-electron chi connectivity index (χ3n) is 4.05. The Bertz CT molecular complexity index is 1210. The number of thiazole rings is 1. The lowest BCUT2D eigenvalue weighted by Gasteiger charge is -2.08. The Kier molecular flexibility index (Phi) is 4.21. The number of benzene rings is 1. The molecule has 0 aliphatic rings. The summed E-state index contributed by atoms with van der Waals surface area (Å²) in [5.41, 5.74) is 1.77. The van der Waals surface area contributed by atoms with Gasteiger partial charge in [-0.25, -0.2) is 4.40 Å². The van der Waals surface area contributed by atoms with E-state index in [0.717, 1.165) is 16.0 Å². The van der Waals surface area contributed by atoms with Gasteiger partial charge in [-0.1, -0.05) is 11.3 Å². The molecule has 3 aromatic heterocycles. The van der Waals surface area contributed by atoms with Gasteiger partial charge in [0, 0.05) is 10.4 Å². The fraction of sp³-hybridized carbons (Fsp3) is 0.167. The fourth-order valence-corrected chi connectivity index (χ4v) is 4.50. The summed E-state index contributed by atoms with van der Waals surface area (Å²) in [6.07, 6.45) is 1.92. The molecule has 0 radical (unpaired) electrons. The first-order chi connectivity index (χ1) is 12.6. The van der Waals surface area contributed by atoms with Crippen molar-refractivity contribution in [3.8, 4) is 22.9 Å². The van der Waals surface area contributed by atoms with Crippen molar-refractivity contribution in [2.75, 3.05) is 14.2 Å². The number of aryl methyl sites for hydroxylation is 1. The van der Waals surface area contributed by atoms with Crippen molar-refractivity contribution in [3.05, 3.63) is 55.0 Å². The highest BCUT2D eigenvalue weighted by Crippen LogP contribution is 2.31. The number of fused-ring (bicyclic) bond motifs is 1. The Morgan fingerprint density at radius 3 is 2.62 bits per heavy atom. The predicted octanol–water partition coefficient (Wildman–Crippen LogP) is 2.75. The largest absolute Gasteiger partial charge is 0.493 e.